The van der Waals surface area contributed by atoms with E-state index in [0.29, 0.717) is 24.8 Å². The average Bonchev–Trinajstić information content (AvgIpc) is 2.54. The van der Waals surface area contributed by atoms with E-state index in [1.54, 1.807) is 18.2 Å². The minimum Gasteiger partial charge on any atom is -0.461 e. The molecule has 124 valence electrons. The number of allylic oxidation sites excluding steroid dienone is 4. The van der Waals surface area contributed by atoms with Crippen LogP contribution in [-0.2, 0) is 9.53 Å². The third kappa shape index (κ3) is 5.97. The lowest BCUT2D eigenvalue weighted by Gasteiger charge is -2.26. The molecule has 22 heavy (non-hydrogen) atoms. The second kappa shape index (κ2) is 11.0. The summed E-state index contributed by atoms with van der Waals surface area (Å²) in [6.45, 7) is 9.23. The van der Waals surface area contributed by atoms with Crippen molar-refractivity contribution in [3.8, 4) is 0 Å². The third-order valence-corrected chi connectivity index (χ3v) is 3.32. The van der Waals surface area contributed by atoms with Crippen molar-refractivity contribution >= 4 is 5.97 Å². The highest BCUT2D eigenvalue weighted by atomic mass is 16.5. The van der Waals surface area contributed by atoms with Gasteiger partial charge in [-0.05, 0) is 19.3 Å². The molecule has 0 heterocycles. The number of esters is 1. The molecule has 0 aromatic heterocycles. The molecule has 0 rings (SSSR count). The Morgan fingerprint density at radius 1 is 0.909 bits per heavy atom. The Morgan fingerprint density at radius 3 is 1.73 bits per heavy atom. The van der Waals surface area contributed by atoms with Crippen LogP contribution in [0, 0.1) is 5.41 Å². The number of ether oxygens (including phenoxy) is 1. The summed E-state index contributed by atoms with van der Waals surface area (Å²) in [6.07, 6.45) is 6.36. The number of hydrogen-bond donors (Lipinski definition) is 3. The molecular formula is C17H26O5. The number of aliphatic hydroxyl groups excluding tert-OH is 3. The molecular weight excluding hydrogens is 284 g/mol. The Bertz CT molecular complexity index is 399. The molecule has 5 nitrogen and oxygen atoms in total. The third-order valence-electron chi connectivity index (χ3n) is 3.32. The van der Waals surface area contributed by atoms with Crippen molar-refractivity contribution in [1.29, 1.82) is 0 Å². The zero-order valence-corrected chi connectivity index (χ0v) is 13.0. The Morgan fingerprint density at radius 2 is 1.36 bits per heavy atom. The molecule has 0 saturated carbocycles. The van der Waals surface area contributed by atoms with Gasteiger partial charge < -0.3 is 20.1 Å². The summed E-state index contributed by atoms with van der Waals surface area (Å²) in [5, 5.41) is 27.7. The molecule has 0 aromatic rings. The van der Waals surface area contributed by atoms with Crippen LogP contribution in [0.2, 0.25) is 0 Å². The molecule has 5 heteroatoms. The molecule has 0 bridgehead atoms. The van der Waals surface area contributed by atoms with Gasteiger partial charge in [0.15, 0.2) is 0 Å². The van der Waals surface area contributed by atoms with Crippen LogP contribution in [0.4, 0.5) is 0 Å². The number of carbonyl (C=O) groups excluding carboxylic acids is 1. The number of hydrogen-bond acceptors (Lipinski definition) is 5. The Balaban J connectivity index is 5.21. The summed E-state index contributed by atoms with van der Waals surface area (Å²) in [5.74, 6) is -0.557. The fourth-order valence-corrected chi connectivity index (χ4v) is 1.79. The highest BCUT2D eigenvalue weighted by Gasteiger charge is 2.30. The van der Waals surface area contributed by atoms with Gasteiger partial charge in [0.05, 0.1) is 25.2 Å². The quantitative estimate of drug-likeness (QED) is 0.289. The minimum absolute atomic E-state index is 0.272. The maximum Gasteiger partial charge on any atom is 0.334 e. The molecule has 0 radical (unpaired) electrons. The van der Waals surface area contributed by atoms with Gasteiger partial charge >= 0.3 is 5.97 Å². The van der Waals surface area contributed by atoms with Crippen molar-refractivity contribution in [2.45, 2.75) is 19.3 Å². The van der Waals surface area contributed by atoms with Crippen LogP contribution in [0.5, 0.6) is 0 Å². The standard InChI is InChI=1S/C17H26O5/c1-4-7-14(8-5-2)15(9-6-3)16(21)22-13-17(10-18,11-19)12-20/h4-6,18-20H,1-3,7-13H2. The lowest BCUT2D eigenvalue weighted by molar-refractivity contribution is -0.146. The summed E-state index contributed by atoms with van der Waals surface area (Å²) < 4.78 is 5.18. The van der Waals surface area contributed by atoms with Crippen LogP contribution in [0.1, 0.15) is 19.3 Å². The first-order valence-electron chi connectivity index (χ1n) is 7.07. The second-order valence-electron chi connectivity index (χ2n) is 5.11. The van der Waals surface area contributed by atoms with Gasteiger partial charge in [0.1, 0.15) is 6.61 Å². The molecule has 0 fully saturated rings. The minimum atomic E-state index is -1.24. The van der Waals surface area contributed by atoms with E-state index in [2.05, 4.69) is 19.7 Å². The van der Waals surface area contributed by atoms with E-state index in [-0.39, 0.29) is 6.61 Å². The normalized spacial score (nSPS) is 10.7. The molecule has 0 aliphatic carbocycles. The van der Waals surface area contributed by atoms with Gasteiger partial charge in [0.25, 0.3) is 0 Å². The van der Waals surface area contributed by atoms with E-state index in [9.17, 15) is 20.1 Å². The number of carbonyl (C=O) groups is 1. The van der Waals surface area contributed by atoms with Crippen LogP contribution in [0.25, 0.3) is 0 Å². The van der Waals surface area contributed by atoms with Gasteiger partial charge in [-0.2, -0.15) is 0 Å². The van der Waals surface area contributed by atoms with Gasteiger partial charge in [-0.3, -0.25) is 0 Å². The van der Waals surface area contributed by atoms with Crippen molar-refractivity contribution in [2.24, 2.45) is 5.41 Å². The lowest BCUT2D eigenvalue weighted by Crippen LogP contribution is -2.39. The van der Waals surface area contributed by atoms with Crippen LogP contribution < -0.4 is 0 Å². The monoisotopic (exact) mass is 310 g/mol. The number of rotatable bonds is 12. The maximum atomic E-state index is 12.3. The molecule has 0 amide bonds. The van der Waals surface area contributed by atoms with Crippen molar-refractivity contribution in [1.82, 2.24) is 0 Å². The van der Waals surface area contributed by atoms with Crippen LogP contribution in [-0.4, -0.2) is 47.7 Å². The lowest BCUT2D eigenvalue weighted by atomic mass is 9.92. The van der Waals surface area contributed by atoms with E-state index in [0.717, 1.165) is 5.57 Å². The van der Waals surface area contributed by atoms with Crippen molar-refractivity contribution < 1.29 is 24.9 Å². The zero-order chi connectivity index (χ0) is 17.0. The average molecular weight is 310 g/mol. The van der Waals surface area contributed by atoms with E-state index >= 15 is 0 Å². The highest BCUT2D eigenvalue weighted by Crippen LogP contribution is 2.21. The Kier molecular flexibility index (Phi) is 10.1. The maximum absolute atomic E-state index is 12.3. The summed E-state index contributed by atoms with van der Waals surface area (Å²) in [4.78, 5) is 12.3. The van der Waals surface area contributed by atoms with Crippen molar-refractivity contribution in [3.05, 3.63) is 49.1 Å². The molecule has 0 saturated heterocycles. The summed E-state index contributed by atoms with van der Waals surface area (Å²) in [5.41, 5.74) is 0.0430. The summed E-state index contributed by atoms with van der Waals surface area (Å²) in [6, 6.07) is 0. The topological polar surface area (TPSA) is 87.0 Å². The first-order valence-corrected chi connectivity index (χ1v) is 7.07. The smallest absolute Gasteiger partial charge is 0.334 e. The van der Waals surface area contributed by atoms with E-state index < -0.39 is 31.2 Å². The second-order valence-corrected chi connectivity index (χ2v) is 5.11. The van der Waals surface area contributed by atoms with Gasteiger partial charge in [0.2, 0.25) is 0 Å². The molecule has 0 aliphatic rings. The van der Waals surface area contributed by atoms with Crippen molar-refractivity contribution in [3.63, 3.8) is 0 Å². The molecule has 3 N–H and O–H groups in total. The van der Waals surface area contributed by atoms with Gasteiger partial charge in [-0.1, -0.05) is 23.8 Å². The molecule has 0 unspecified atom stereocenters. The molecule has 0 atom stereocenters. The molecule has 0 aromatic carbocycles. The van der Waals surface area contributed by atoms with E-state index in [4.69, 9.17) is 4.74 Å². The SMILES string of the molecule is C=CCC(CC=C)=C(CC=C)C(=O)OCC(CO)(CO)CO. The summed E-state index contributed by atoms with van der Waals surface area (Å²) in [7, 11) is 0. The fourth-order valence-electron chi connectivity index (χ4n) is 1.79. The Hall–Kier alpha value is -1.69. The predicted octanol–water partition coefficient (Wildman–Crippen LogP) is 1.52. The summed E-state index contributed by atoms with van der Waals surface area (Å²) >= 11 is 0. The first-order chi connectivity index (χ1) is 10.5. The van der Waals surface area contributed by atoms with Gasteiger partial charge in [-0.25, -0.2) is 4.79 Å². The van der Waals surface area contributed by atoms with Crippen LogP contribution in [0.3, 0.4) is 0 Å². The van der Waals surface area contributed by atoms with Gasteiger partial charge in [0, 0.05) is 5.57 Å². The van der Waals surface area contributed by atoms with Gasteiger partial charge in [-0.15, -0.1) is 19.7 Å². The largest absolute Gasteiger partial charge is 0.461 e. The van der Waals surface area contributed by atoms with Crippen LogP contribution in [0.15, 0.2) is 49.1 Å². The predicted molar refractivity (Wildman–Crippen MR) is 86.1 cm³/mol. The van der Waals surface area contributed by atoms with Crippen LogP contribution >= 0.6 is 0 Å². The highest BCUT2D eigenvalue weighted by molar-refractivity contribution is 5.89. The first kappa shape index (κ1) is 20.3. The van der Waals surface area contributed by atoms with E-state index in [1.165, 1.54) is 0 Å². The fraction of sp³-hybridized carbons (Fsp3) is 0.471. The van der Waals surface area contributed by atoms with Crippen molar-refractivity contribution in [2.75, 3.05) is 26.4 Å². The molecule has 0 aliphatic heterocycles. The van der Waals surface area contributed by atoms with E-state index in [1.807, 2.05) is 0 Å². The zero-order valence-electron chi connectivity index (χ0n) is 13.0. The Labute approximate surface area is 131 Å². The number of aliphatic hydroxyl groups is 3. The molecule has 0 spiro atoms.